The number of rotatable bonds is 8. The first kappa shape index (κ1) is 23.5. The summed E-state index contributed by atoms with van der Waals surface area (Å²) in [4.78, 5) is 23.3. The predicted molar refractivity (Wildman–Crippen MR) is 125 cm³/mol. The third-order valence-corrected chi connectivity index (χ3v) is 5.57. The topological polar surface area (TPSA) is 98.5 Å². The highest BCUT2D eigenvalue weighted by Crippen LogP contribution is 2.25. The van der Waals surface area contributed by atoms with Crippen molar-refractivity contribution in [1.82, 2.24) is 20.2 Å². The quantitative estimate of drug-likeness (QED) is 0.174. The summed E-state index contributed by atoms with van der Waals surface area (Å²) < 4.78 is 6.95. The van der Waals surface area contributed by atoms with Crippen LogP contribution in [-0.2, 0) is 16.1 Å². The van der Waals surface area contributed by atoms with Gasteiger partial charge in [0, 0.05) is 24.1 Å². The minimum Gasteiger partial charge on any atom is -0.427 e. The van der Waals surface area contributed by atoms with Gasteiger partial charge in [-0.25, -0.2) is 5.43 Å². The van der Waals surface area contributed by atoms with E-state index >= 15 is 0 Å². The Labute approximate surface area is 195 Å². The van der Waals surface area contributed by atoms with Crippen molar-refractivity contribution in [3.8, 4) is 17.1 Å². The Bertz CT molecular complexity index is 1130. The molecule has 0 unspecified atom stereocenters. The number of hydrazone groups is 1. The minimum absolute atomic E-state index is 0.140. The van der Waals surface area contributed by atoms with Crippen molar-refractivity contribution in [2.24, 2.45) is 5.10 Å². The van der Waals surface area contributed by atoms with E-state index in [-0.39, 0.29) is 17.6 Å². The van der Waals surface area contributed by atoms with Crippen molar-refractivity contribution < 1.29 is 14.3 Å². The second-order valence-electron chi connectivity index (χ2n) is 6.70. The number of hydrogen-bond donors (Lipinski definition) is 1. The standard InChI is InChI=1S/C22H22ClN5O3S/c1-4-28-21(17-5-9-18(23)10-6-17)26-27-22(28)32-13-20(30)25-24-14(2)16-7-11-19(12-8-16)31-15(3)29/h5-12H,4,13H2,1-3H3,(H,25,30)/b24-14+. The number of hydrogen-bond acceptors (Lipinski definition) is 7. The molecule has 0 saturated heterocycles. The van der Waals surface area contributed by atoms with Crippen LogP contribution >= 0.6 is 23.4 Å². The van der Waals surface area contributed by atoms with Crippen LogP contribution in [0.1, 0.15) is 26.3 Å². The zero-order valence-corrected chi connectivity index (χ0v) is 19.4. The number of carbonyl (C=O) groups is 2. The van der Waals surface area contributed by atoms with Crippen LogP contribution in [0.5, 0.6) is 5.75 Å². The lowest BCUT2D eigenvalue weighted by Gasteiger charge is -2.07. The molecule has 8 nitrogen and oxygen atoms in total. The van der Waals surface area contributed by atoms with Gasteiger partial charge in [-0.2, -0.15) is 5.10 Å². The molecule has 1 aromatic heterocycles. The molecule has 3 rings (SSSR count). The molecule has 0 aliphatic rings. The van der Waals surface area contributed by atoms with Gasteiger partial charge in [-0.1, -0.05) is 23.4 Å². The van der Waals surface area contributed by atoms with E-state index < -0.39 is 0 Å². The molecule has 1 heterocycles. The van der Waals surface area contributed by atoms with Gasteiger partial charge in [-0.05, 0) is 67.9 Å². The maximum absolute atomic E-state index is 12.3. The molecule has 166 valence electrons. The lowest BCUT2D eigenvalue weighted by molar-refractivity contribution is -0.131. The molecule has 2 aromatic carbocycles. The second kappa shape index (κ2) is 10.9. The lowest BCUT2D eigenvalue weighted by Crippen LogP contribution is -2.21. The molecule has 1 N–H and O–H groups in total. The highest BCUT2D eigenvalue weighted by Gasteiger charge is 2.14. The van der Waals surface area contributed by atoms with E-state index in [0.717, 1.165) is 17.0 Å². The number of esters is 1. The highest BCUT2D eigenvalue weighted by molar-refractivity contribution is 7.99. The van der Waals surface area contributed by atoms with Gasteiger partial charge >= 0.3 is 5.97 Å². The summed E-state index contributed by atoms with van der Waals surface area (Å²) in [5.41, 5.74) is 4.88. The molecular weight excluding hydrogens is 450 g/mol. The Balaban J connectivity index is 1.59. The fraction of sp³-hybridized carbons (Fsp3) is 0.227. The van der Waals surface area contributed by atoms with E-state index in [1.54, 1.807) is 43.3 Å². The Morgan fingerprint density at radius 3 is 2.41 bits per heavy atom. The normalized spacial score (nSPS) is 11.3. The minimum atomic E-state index is -0.382. The van der Waals surface area contributed by atoms with E-state index in [1.165, 1.54) is 18.7 Å². The van der Waals surface area contributed by atoms with Crippen molar-refractivity contribution in [2.45, 2.75) is 32.5 Å². The molecule has 0 radical (unpaired) electrons. The third kappa shape index (κ3) is 6.18. The third-order valence-electron chi connectivity index (χ3n) is 4.35. The molecule has 0 fully saturated rings. The highest BCUT2D eigenvalue weighted by atomic mass is 35.5. The number of benzene rings is 2. The summed E-state index contributed by atoms with van der Waals surface area (Å²) in [5.74, 6) is 0.670. The van der Waals surface area contributed by atoms with E-state index in [2.05, 4.69) is 20.7 Å². The molecule has 3 aromatic rings. The average molecular weight is 472 g/mol. The maximum Gasteiger partial charge on any atom is 0.308 e. The Morgan fingerprint density at radius 1 is 1.09 bits per heavy atom. The van der Waals surface area contributed by atoms with E-state index in [9.17, 15) is 9.59 Å². The van der Waals surface area contributed by atoms with Gasteiger partial charge in [-0.15, -0.1) is 10.2 Å². The number of halogens is 1. The first-order valence-electron chi connectivity index (χ1n) is 9.81. The number of ether oxygens (including phenoxy) is 1. The molecule has 10 heteroatoms. The van der Waals surface area contributed by atoms with Gasteiger partial charge < -0.3 is 9.30 Å². The summed E-state index contributed by atoms with van der Waals surface area (Å²) in [7, 11) is 0. The largest absolute Gasteiger partial charge is 0.427 e. The smallest absolute Gasteiger partial charge is 0.308 e. The van der Waals surface area contributed by atoms with E-state index in [0.29, 0.717) is 28.2 Å². The molecule has 0 spiro atoms. The first-order valence-corrected chi connectivity index (χ1v) is 11.2. The maximum atomic E-state index is 12.3. The number of amides is 1. The molecular formula is C22H22ClN5O3S. The van der Waals surface area contributed by atoms with Crippen LogP contribution in [0, 0.1) is 0 Å². The van der Waals surface area contributed by atoms with Gasteiger partial charge in [-0.3, -0.25) is 9.59 Å². The Morgan fingerprint density at radius 2 is 1.78 bits per heavy atom. The summed E-state index contributed by atoms with van der Waals surface area (Å²) in [5, 5.41) is 13.9. The van der Waals surface area contributed by atoms with Crippen molar-refractivity contribution in [3.05, 3.63) is 59.1 Å². The van der Waals surface area contributed by atoms with Crippen LogP contribution in [0.2, 0.25) is 5.02 Å². The van der Waals surface area contributed by atoms with Gasteiger partial charge in [0.2, 0.25) is 0 Å². The predicted octanol–water partition coefficient (Wildman–Crippen LogP) is 4.18. The number of nitrogens with zero attached hydrogens (tertiary/aromatic N) is 4. The van der Waals surface area contributed by atoms with E-state index in [4.69, 9.17) is 16.3 Å². The molecule has 1 amide bonds. The molecule has 0 saturated carbocycles. The number of aromatic nitrogens is 3. The Kier molecular flexibility index (Phi) is 8.02. The summed E-state index contributed by atoms with van der Waals surface area (Å²) in [6, 6.07) is 14.2. The summed E-state index contributed by atoms with van der Waals surface area (Å²) in [6.45, 7) is 5.78. The van der Waals surface area contributed by atoms with Gasteiger partial charge in [0.1, 0.15) is 5.75 Å². The van der Waals surface area contributed by atoms with Crippen LogP contribution in [0.15, 0.2) is 58.8 Å². The number of carbonyl (C=O) groups excluding carboxylic acids is 2. The van der Waals surface area contributed by atoms with Crippen LogP contribution in [-0.4, -0.2) is 38.1 Å². The van der Waals surface area contributed by atoms with Crippen molar-refractivity contribution in [3.63, 3.8) is 0 Å². The van der Waals surface area contributed by atoms with Crippen LogP contribution in [0.25, 0.3) is 11.4 Å². The van der Waals surface area contributed by atoms with Crippen LogP contribution in [0.3, 0.4) is 0 Å². The van der Waals surface area contributed by atoms with Crippen molar-refractivity contribution >= 4 is 41.0 Å². The van der Waals surface area contributed by atoms with Crippen molar-refractivity contribution in [2.75, 3.05) is 5.75 Å². The zero-order chi connectivity index (χ0) is 23.1. The zero-order valence-electron chi connectivity index (χ0n) is 17.8. The first-order chi connectivity index (χ1) is 15.4. The second-order valence-corrected chi connectivity index (χ2v) is 8.08. The molecule has 0 bridgehead atoms. The molecule has 0 aliphatic carbocycles. The van der Waals surface area contributed by atoms with E-state index in [1.807, 2.05) is 23.6 Å². The number of nitrogens with one attached hydrogen (secondary N) is 1. The average Bonchev–Trinajstić information content (AvgIpc) is 3.19. The van der Waals surface area contributed by atoms with Crippen LogP contribution < -0.4 is 10.2 Å². The Hall–Kier alpha value is -3.17. The van der Waals surface area contributed by atoms with Crippen molar-refractivity contribution in [1.29, 1.82) is 0 Å². The summed E-state index contributed by atoms with van der Waals surface area (Å²) >= 11 is 7.25. The van der Waals surface area contributed by atoms with Gasteiger partial charge in [0.25, 0.3) is 5.91 Å². The van der Waals surface area contributed by atoms with Gasteiger partial charge in [0.05, 0.1) is 11.5 Å². The fourth-order valence-electron chi connectivity index (χ4n) is 2.80. The SMILES string of the molecule is CCn1c(SCC(=O)N/N=C(\C)c2ccc(OC(C)=O)cc2)nnc1-c1ccc(Cl)cc1. The molecule has 0 aliphatic heterocycles. The summed E-state index contributed by atoms with van der Waals surface area (Å²) in [6.07, 6.45) is 0. The van der Waals surface area contributed by atoms with Gasteiger partial charge in [0.15, 0.2) is 11.0 Å². The molecule has 0 atom stereocenters. The monoisotopic (exact) mass is 471 g/mol. The fourth-order valence-corrected chi connectivity index (χ4v) is 3.72. The number of thioether (sulfide) groups is 1. The lowest BCUT2D eigenvalue weighted by atomic mass is 10.1. The van der Waals surface area contributed by atoms with Crippen LogP contribution in [0.4, 0.5) is 0 Å². The molecule has 32 heavy (non-hydrogen) atoms.